The van der Waals surface area contributed by atoms with Crippen LogP contribution >= 0.6 is 0 Å². The molecule has 0 bridgehead atoms. The highest BCUT2D eigenvalue weighted by atomic mass is 15.2. The summed E-state index contributed by atoms with van der Waals surface area (Å²) < 4.78 is 5.04. The molecule has 0 atom stereocenters. The van der Waals surface area contributed by atoms with E-state index in [1.165, 1.54) is 68.2 Å². The Morgan fingerprint density at radius 2 is 1.55 bits per heavy atom. The molecule has 0 fully saturated rings. The third-order valence-corrected chi connectivity index (χ3v) is 4.72. The number of aryl methyl sites for hydroxylation is 2. The number of fused-ring (bicyclic) bond motifs is 1. The van der Waals surface area contributed by atoms with Crippen LogP contribution in [0.15, 0.2) is 24.3 Å². The van der Waals surface area contributed by atoms with E-state index in [1.807, 2.05) is 0 Å². The molecular formula is C20H33N2+. The lowest BCUT2D eigenvalue weighted by Crippen LogP contribution is -2.36. The number of nitrogens with zero attached hydrogens (tertiary/aromatic N) is 2. The molecule has 2 aromatic rings. The van der Waals surface area contributed by atoms with Crippen LogP contribution in [0.2, 0.25) is 0 Å². The second-order valence-corrected chi connectivity index (χ2v) is 6.46. The minimum atomic E-state index is 1.15. The van der Waals surface area contributed by atoms with Gasteiger partial charge in [-0.1, -0.05) is 58.1 Å². The molecule has 0 aliphatic carbocycles. The number of hydrogen-bond donors (Lipinski definition) is 0. The summed E-state index contributed by atoms with van der Waals surface area (Å²) in [6.07, 6.45) is 10.7. The zero-order valence-corrected chi connectivity index (χ0v) is 14.8. The molecule has 22 heavy (non-hydrogen) atoms. The Balaban J connectivity index is 2.06. The van der Waals surface area contributed by atoms with Gasteiger partial charge in [-0.05, 0) is 31.4 Å². The van der Waals surface area contributed by atoms with Crippen LogP contribution in [0, 0.1) is 6.92 Å². The van der Waals surface area contributed by atoms with Gasteiger partial charge >= 0.3 is 0 Å². The minimum Gasteiger partial charge on any atom is -0.227 e. The zero-order chi connectivity index (χ0) is 15.8. The highest BCUT2D eigenvalue weighted by molar-refractivity contribution is 5.72. The van der Waals surface area contributed by atoms with E-state index in [4.69, 9.17) is 0 Å². The summed E-state index contributed by atoms with van der Waals surface area (Å²) in [4.78, 5) is 0. The Labute approximate surface area is 136 Å². The van der Waals surface area contributed by atoms with Gasteiger partial charge in [0.05, 0.1) is 13.1 Å². The van der Waals surface area contributed by atoms with Crippen LogP contribution in [0.25, 0.3) is 11.0 Å². The Morgan fingerprint density at radius 1 is 0.864 bits per heavy atom. The van der Waals surface area contributed by atoms with Gasteiger partial charge in [-0.25, -0.2) is 9.13 Å². The highest BCUT2D eigenvalue weighted by Crippen LogP contribution is 2.16. The van der Waals surface area contributed by atoms with Crippen LogP contribution in [0.3, 0.4) is 0 Å². The lowest BCUT2D eigenvalue weighted by molar-refractivity contribution is -0.678. The van der Waals surface area contributed by atoms with Crippen LogP contribution in [0.5, 0.6) is 0 Å². The molecule has 0 aliphatic rings. The number of rotatable bonds is 10. The van der Waals surface area contributed by atoms with Crippen LogP contribution in [-0.4, -0.2) is 4.57 Å². The number of para-hydroxylation sites is 2. The van der Waals surface area contributed by atoms with Gasteiger partial charge in [0.2, 0.25) is 0 Å². The topological polar surface area (TPSA) is 8.81 Å². The second-order valence-electron chi connectivity index (χ2n) is 6.46. The van der Waals surface area contributed by atoms with Crippen LogP contribution in [0.4, 0.5) is 0 Å². The normalized spacial score (nSPS) is 11.4. The molecule has 0 unspecified atom stereocenters. The molecule has 0 spiro atoms. The number of imidazole rings is 1. The smallest absolute Gasteiger partial charge is 0.227 e. The van der Waals surface area contributed by atoms with Crippen molar-refractivity contribution in [3.63, 3.8) is 0 Å². The molecule has 2 nitrogen and oxygen atoms in total. The fraction of sp³-hybridized carbons (Fsp3) is 0.650. The van der Waals surface area contributed by atoms with Crippen molar-refractivity contribution in [1.29, 1.82) is 0 Å². The van der Waals surface area contributed by atoms with Gasteiger partial charge in [-0.3, -0.25) is 0 Å². The van der Waals surface area contributed by atoms with Crippen LogP contribution in [0.1, 0.15) is 71.0 Å². The van der Waals surface area contributed by atoms with Crippen molar-refractivity contribution in [3.8, 4) is 0 Å². The molecule has 1 aromatic heterocycles. The summed E-state index contributed by atoms with van der Waals surface area (Å²) in [5, 5.41) is 0. The lowest BCUT2D eigenvalue weighted by atomic mass is 10.1. The second kappa shape index (κ2) is 8.97. The lowest BCUT2D eigenvalue weighted by Gasteiger charge is -2.02. The van der Waals surface area contributed by atoms with Gasteiger partial charge in [-0.15, -0.1) is 0 Å². The highest BCUT2D eigenvalue weighted by Gasteiger charge is 2.20. The van der Waals surface area contributed by atoms with E-state index in [1.54, 1.807) is 0 Å². The number of aromatic nitrogens is 2. The average Bonchev–Trinajstić information content (AvgIpc) is 2.81. The van der Waals surface area contributed by atoms with E-state index < -0.39 is 0 Å². The van der Waals surface area contributed by atoms with E-state index in [0.29, 0.717) is 0 Å². The van der Waals surface area contributed by atoms with Crippen LogP contribution < -0.4 is 4.57 Å². The molecule has 0 aliphatic heterocycles. The van der Waals surface area contributed by atoms with Gasteiger partial charge in [-0.2, -0.15) is 0 Å². The fourth-order valence-electron chi connectivity index (χ4n) is 3.35. The summed E-state index contributed by atoms with van der Waals surface area (Å²) in [7, 11) is 0. The third kappa shape index (κ3) is 4.12. The van der Waals surface area contributed by atoms with E-state index in [9.17, 15) is 0 Å². The standard InChI is InChI=1S/C20H33N2/c1-4-6-8-9-10-13-17-22-18(3)21(16-7-5-2)19-14-11-12-15-20(19)22/h11-12,14-15H,4-10,13,16-17H2,1-3H3/q+1. The van der Waals surface area contributed by atoms with E-state index >= 15 is 0 Å². The van der Waals surface area contributed by atoms with Gasteiger partial charge in [0, 0.05) is 6.92 Å². The minimum absolute atomic E-state index is 1.15. The first-order chi connectivity index (χ1) is 10.8. The molecule has 0 saturated heterocycles. The Morgan fingerprint density at radius 3 is 2.32 bits per heavy atom. The first-order valence-corrected chi connectivity index (χ1v) is 9.27. The quantitative estimate of drug-likeness (QED) is 0.410. The average molecular weight is 301 g/mol. The molecule has 2 heteroatoms. The molecule has 2 rings (SSSR count). The van der Waals surface area contributed by atoms with Crippen molar-refractivity contribution < 1.29 is 4.57 Å². The first-order valence-electron chi connectivity index (χ1n) is 9.27. The van der Waals surface area contributed by atoms with Crippen molar-refractivity contribution in [2.45, 2.75) is 85.2 Å². The number of hydrogen-bond acceptors (Lipinski definition) is 0. The van der Waals surface area contributed by atoms with E-state index in [2.05, 4.69) is 54.2 Å². The molecule has 0 radical (unpaired) electrons. The SMILES string of the molecule is CCCCCCCC[n+]1c(C)n(CCCC)c2ccccc21. The van der Waals surface area contributed by atoms with Gasteiger partial charge < -0.3 is 0 Å². The molecular weight excluding hydrogens is 268 g/mol. The van der Waals surface area contributed by atoms with Crippen molar-refractivity contribution in [3.05, 3.63) is 30.1 Å². The molecule has 0 saturated carbocycles. The Kier molecular flexibility index (Phi) is 6.95. The zero-order valence-electron chi connectivity index (χ0n) is 14.8. The van der Waals surface area contributed by atoms with Gasteiger partial charge in [0.25, 0.3) is 5.82 Å². The summed E-state index contributed by atoms with van der Waals surface area (Å²) in [5.41, 5.74) is 2.81. The van der Waals surface area contributed by atoms with Crippen molar-refractivity contribution in [2.24, 2.45) is 0 Å². The summed E-state index contributed by atoms with van der Waals surface area (Å²) in [6.45, 7) is 9.15. The fourth-order valence-corrected chi connectivity index (χ4v) is 3.35. The van der Waals surface area contributed by atoms with Gasteiger partial charge in [0.1, 0.15) is 0 Å². The Hall–Kier alpha value is -1.31. The summed E-state index contributed by atoms with van der Waals surface area (Å²) >= 11 is 0. The first kappa shape index (κ1) is 17.1. The predicted molar refractivity (Wildman–Crippen MR) is 95.2 cm³/mol. The van der Waals surface area contributed by atoms with Crippen molar-refractivity contribution in [2.75, 3.05) is 0 Å². The summed E-state index contributed by atoms with van der Waals surface area (Å²) in [5.74, 6) is 1.42. The van der Waals surface area contributed by atoms with E-state index in [0.717, 1.165) is 13.1 Å². The van der Waals surface area contributed by atoms with E-state index in [-0.39, 0.29) is 0 Å². The monoisotopic (exact) mass is 301 g/mol. The molecule has 1 aromatic carbocycles. The number of benzene rings is 1. The number of unbranched alkanes of at least 4 members (excludes halogenated alkanes) is 6. The largest absolute Gasteiger partial charge is 0.254 e. The maximum Gasteiger partial charge on any atom is 0.254 e. The Bertz CT molecular complexity index is 568. The third-order valence-electron chi connectivity index (χ3n) is 4.72. The molecule has 0 amide bonds. The summed E-state index contributed by atoms with van der Waals surface area (Å²) in [6, 6.07) is 8.89. The van der Waals surface area contributed by atoms with Crippen LogP contribution in [-0.2, 0) is 13.1 Å². The van der Waals surface area contributed by atoms with Gasteiger partial charge in [0.15, 0.2) is 11.0 Å². The molecule has 0 N–H and O–H groups in total. The predicted octanol–water partition coefficient (Wildman–Crippen LogP) is 5.40. The van der Waals surface area contributed by atoms with Crippen molar-refractivity contribution >= 4 is 11.0 Å². The molecule has 122 valence electrons. The molecule has 1 heterocycles. The van der Waals surface area contributed by atoms with Crippen molar-refractivity contribution in [1.82, 2.24) is 4.57 Å². The maximum atomic E-state index is 2.53. The maximum absolute atomic E-state index is 2.53.